The van der Waals surface area contributed by atoms with Gasteiger partial charge in [0.25, 0.3) is 0 Å². The number of aliphatic hydroxyl groups is 1. The molecule has 0 atom stereocenters. The smallest absolute Gasteiger partial charge is 0.0635 e. The largest absolute Gasteiger partial charge is 0.393 e. The second-order valence-electron chi connectivity index (χ2n) is 2.98. The molecule has 0 aliphatic carbocycles. The maximum absolute atomic E-state index is 9.16. The van der Waals surface area contributed by atoms with E-state index in [1.54, 1.807) is 0 Å². The van der Waals surface area contributed by atoms with E-state index in [4.69, 9.17) is 10.4 Å². The van der Waals surface area contributed by atoms with Crippen molar-refractivity contribution in [1.82, 2.24) is 4.90 Å². The highest BCUT2D eigenvalue weighted by Crippen LogP contribution is 2.09. The third kappa shape index (κ3) is 2.87. The summed E-state index contributed by atoms with van der Waals surface area (Å²) in [5, 5.41) is 17.5. The summed E-state index contributed by atoms with van der Waals surface area (Å²) in [7, 11) is 0. The second kappa shape index (κ2) is 4.32. The molecule has 3 heteroatoms. The fourth-order valence-corrected chi connectivity index (χ4v) is 1.35. The van der Waals surface area contributed by atoms with Crippen LogP contribution in [0.25, 0.3) is 0 Å². The van der Waals surface area contributed by atoms with Crippen LogP contribution in [0.4, 0.5) is 0 Å². The van der Waals surface area contributed by atoms with E-state index in [2.05, 4.69) is 11.0 Å². The van der Waals surface area contributed by atoms with Crippen molar-refractivity contribution in [3.05, 3.63) is 0 Å². The molecule has 62 valence electrons. The third-order valence-corrected chi connectivity index (χ3v) is 2.10. The van der Waals surface area contributed by atoms with Crippen LogP contribution in [0.5, 0.6) is 0 Å². The van der Waals surface area contributed by atoms with Crippen molar-refractivity contribution in [2.45, 2.75) is 25.4 Å². The number of likely N-dealkylation sites (tertiary alicyclic amines) is 1. The van der Waals surface area contributed by atoms with Gasteiger partial charge >= 0.3 is 0 Å². The lowest BCUT2D eigenvalue weighted by Crippen LogP contribution is -2.36. The maximum atomic E-state index is 9.16. The molecule has 1 fully saturated rings. The first-order valence-corrected chi connectivity index (χ1v) is 4.10. The molecule has 3 nitrogen and oxygen atoms in total. The normalized spacial score (nSPS) is 21.5. The van der Waals surface area contributed by atoms with Gasteiger partial charge in [0, 0.05) is 26.1 Å². The minimum atomic E-state index is -0.103. The van der Waals surface area contributed by atoms with E-state index >= 15 is 0 Å². The molecule has 0 unspecified atom stereocenters. The highest BCUT2D eigenvalue weighted by atomic mass is 16.3. The number of hydrogen-bond donors (Lipinski definition) is 1. The average Bonchev–Trinajstić information content (AvgIpc) is 2.04. The molecule has 0 bridgehead atoms. The Morgan fingerprint density at radius 1 is 1.45 bits per heavy atom. The van der Waals surface area contributed by atoms with Gasteiger partial charge in [-0.15, -0.1) is 0 Å². The Labute approximate surface area is 67.2 Å². The fraction of sp³-hybridized carbons (Fsp3) is 0.875. The van der Waals surface area contributed by atoms with Gasteiger partial charge in [0.05, 0.1) is 12.2 Å². The SMILES string of the molecule is N#CCCN1CCC(O)CC1. The molecule has 1 N–H and O–H groups in total. The summed E-state index contributed by atoms with van der Waals surface area (Å²) in [6, 6.07) is 2.12. The predicted octanol–water partition coefficient (Wildman–Crippen LogP) is 0.357. The van der Waals surface area contributed by atoms with Gasteiger partial charge in [-0.25, -0.2) is 0 Å². The minimum Gasteiger partial charge on any atom is -0.393 e. The van der Waals surface area contributed by atoms with E-state index in [-0.39, 0.29) is 6.10 Å². The molecule has 0 aromatic heterocycles. The summed E-state index contributed by atoms with van der Waals surface area (Å²) < 4.78 is 0. The first-order valence-electron chi connectivity index (χ1n) is 4.10. The summed E-state index contributed by atoms with van der Waals surface area (Å²) in [6.45, 7) is 2.76. The number of nitriles is 1. The Morgan fingerprint density at radius 3 is 2.64 bits per heavy atom. The van der Waals surface area contributed by atoms with Crippen LogP contribution in [0.15, 0.2) is 0 Å². The first-order chi connectivity index (χ1) is 5.33. The molecule has 0 radical (unpaired) electrons. The van der Waals surface area contributed by atoms with Gasteiger partial charge in [-0.1, -0.05) is 0 Å². The van der Waals surface area contributed by atoms with Gasteiger partial charge in [0.2, 0.25) is 0 Å². The molecule has 0 aromatic rings. The molecule has 0 spiro atoms. The number of rotatable bonds is 2. The first kappa shape index (κ1) is 8.51. The van der Waals surface area contributed by atoms with Crippen LogP contribution in [0.2, 0.25) is 0 Å². The molecule has 0 aromatic carbocycles. The van der Waals surface area contributed by atoms with Crippen LogP contribution in [0, 0.1) is 11.3 Å². The van der Waals surface area contributed by atoms with Crippen molar-refractivity contribution in [3.8, 4) is 6.07 Å². The van der Waals surface area contributed by atoms with E-state index in [1.165, 1.54) is 0 Å². The minimum absolute atomic E-state index is 0.103. The topological polar surface area (TPSA) is 47.3 Å². The van der Waals surface area contributed by atoms with Gasteiger partial charge in [-0.05, 0) is 12.8 Å². The third-order valence-electron chi connectivity index (χ3n) is 2.10. The summed E-state index contributed by atoms with van der Waals surface area (Å²) in [6.07, 6.45) is 2.24. The number of aliphatic hydroxyl groups excluding tert-OH is 1. The van der Waals surface area contributed by atoms with Crippen molar-refractivity contribution < 1.29 is 5.11 Å². The lowest BCUT2D eigenvalue weighted by molar-refractivity contribution is 0.0837. The molecule has 0 amide bonds. The molecule has 0 saturated carbocycles. The zero-order valence-electron chi connectivity index (χ0n) is 6.66. The van der Waals surface area contributed by atoms with Crippen LogP contribution in [-0.4, -0.2) is 35.7 Å². The van der Waals surface area contributed by atoms with Crippen molar-refractivity contribution in [2.24, 2.45) is 0 Å². The summed E-state index contributed by atoms with van der Waals surface area (Å²) in [5.74, 6) is 0. The Kier molecular flexibility index (Phi) is 3.34. The second-order valence-corrected chi connectivity index (χ2v) is 2.98. The quantitative estimate of drug-likeness (QED) is 0.624. The van der Waals surface area contributed by atoms with Crippen molar-refractivity contribution in [3.63, 3.8) is 0 Å². The van der Waals surface area contributed by atoms with E-state index in [1.807, 2.05) is 0 Å². The molecule has 1 saturated heterocycles. The molecule has 11 heavy (non-hydrogen) atoms. The van der Waals surface area contributed by atoms with Crippen LogP contribution in [-0.2, 0) is 0 Å². The van der Waals surface area contributed by atoms with Crippen molar-refractivity contribution in [2.75, 3.05) is 19.6 Å². The lowest BCUT2D eigenvalue weighted by atomic mass is 10.1. The van der Waals surface area contributed by atoms with Crippen LogP contribution in [0.1, 0.15) is 19.3 Å². The van der Waals surface area contributed by atoms with Gasteiger partial charge < -0.3 is 10.0 Å². The Bertz CT molecular complexity index is 145. The molecular formula is C8H14N2O. The van der Waals surface area contributed by atoms with Gasteiger partial charge in [-0.3, -0.25) is 0 Å². The Balaban J connectivity index is 2.13. The number of hydrogen-bond acceptors (Lipinski definition) is 3. The Morgan fingerprint density at radius 2 is 2.09 bits per heavy atom. The van der Waals surface area contributed by atoms with Crippen LogP contribution in [0.3, 0.4) is 0 Å². The Hall–Kier alpha value is -0.590. The van der Waals surface area contributed by atoms with Crippen molar-refractivity contribution in [1.29, 1.82) is 5.26 Å². The molecule has 1 rings (SSSR count). The van der Waals surface area contributed by atoms with Gasteiger partial charge in [0.1, 0.15) is 0 Å². The molecular weight excluding hydrogens is 140 g/mol. The summed E-state index contributed by atoms with van der Waals surface area (Å²) >= 11 is 0. The van der Waals surface area contributed by atoms with Crippen LogP contribution >= 0.6 is 0 Å². The monoisotopic (exact) mass is 154 g/mol. The highest BCUT2D eigenvalue weighted by Gasteiger charge is 2.15. The van der Waals surface area contributed by atoms with Gasteiger partial charge in [0.15, 0.2) is 0 Å². The fourth-order valence-electron chi connectivity index (χ4n) is 1.35. The highest BCUT2D eigenvalue weighted by molar-refractivity contribution is 4.76. The predicted molar refractivity (Wildman–Crippen MR) is 41.9 cm³/mol. The average molecular weight is 154 g/mol. The number of nitrogens with zero attached hydrogens (tertiary/aromatic N) is 2. The summed E-state index contributed by atoms with van der Waals surface area (Å²) in [5.41, 5.74) is 0. The standard InChI is InChI=1S/C8H14N2O/c9-4-1-5-10-6-2-8(11)3-7-10/h8,11H,1-3,5-7H2. The van der Waals surface area contributed by atoms with E-state index in [0.29, 0.717) is 6.42 Å². The van der Waals surface area contributed by atoms with E-state index in [0.717, 1.165) is 32.5 Å². The molecule has 1 aliphatic heterocycles. The van der Waals surface area contributed by atoms with Gasteiger partial charge in [-0.2, -0.15) is 5.26 Å². The van der Waals surface area contributed by atoms with Crippen LogP contribution < -0.4 is 0 Å². The lowest BCUT2D eigenvalue weighted by Gasteiger charge is -2.28. The molecule has 1 heterocycles. The van der Waals surface area contributed by atoms with E-state index in [9.17, 15) is 0 Å². The van der Waals surface area contributed by atoms with Crippen molar-refractivity contribution >= 4 is 0 Å². The zero-order valence-corrected chi connectivity index (χ0v) is 6.66. The zero-order chi connectivity index (χ0) is 8.10. The van der Waals surface area contributed by atoms with E-state index < -0.39 is 0 Å². The summed E-state index contributed by atoms with van der Waals surface area (Å²) in [4.78, 5) is 2.23. The number of piperidine rings is 1. The maximum Gasteiger partial charge on any atom is 0.0635 e. The molecule has 1 aliphatic rings.